The molecule has 0 fully saturated rings. The molecule has 2 heterocycles. The Morgan fingerprint density at radius 3 is 2.54 bits per heavy atom. The normalized spacial score (nSPS) is 15.5. The number of hydrogen-bond acceptors (Lipinski definition) is 8. The number of anilines is 3. The van der Waals surface area contributed by atoms with Crippen molar-refractivity contribution in [1.29, 1.82) is 10.5 Å². The van der Waals surface area contributed by atoms with Crippen molar-refractivity contribution in [3.8, 4) is 12.3 Å². The van der Waals surface area contributed by atoms with Gasteiger partial charge in [0.2, 0.25) is 5.96 Å². The number of aliphatic imine (C=N–C) groups is 1. The second-order valence-corrected chi connectivity index (χ2v) is 5.63. The third kappa shape index (κ3) is 3.07. The summed E-state index contributed by atoms with van der Waals surface area (Å²) in [5, 5.41) is 22.8. The van der Waals surface area contributed by atoms with E-state index in [1.807, 2.05) is 0 Å². The quantitative estimate of drug-likeness (QED) is 0.331. The van der Waals surface area contributed by atoms with E-state index in [1.165, 1.54) is 0 Å². The number of fused-ring (bicyclic) bond motifs is 1. The highest BCUT2D eigenvalue weighted by molar-refractivity contribution is 5.98. The molecule has 28 heavy (non-hydrogen) atoms. The highest BCUT2D eigenvalue weighted by atomic mass is 19.4. The number of guanidine groups is 1. The van der Waals surface area contributed by atoms with Crippen molar-refractivity contribution in [3.05, 3.63) is 46.3 Å². The Balaban J connectivity index is 2.34. The Morgan fingerprint density at radius 1 is 1.21 bits per heavy atom. The van der Waals surface area contributed by atoms with Gasteiger partial charge >= 0.3 is 6.18 Å². The van der Waals surface area contributed by atoms with Gasteiger partial charge in [0.15, 0.2) is 6.19 Å². The van der Waals surface area contributed by atoms with Crippen molar-refractivity contribution in [1.82, 2.24) is 10.3 Å². The van der Waals surface area contributed by atoms with Crippen LogP contribution in [0.2, 0.25) is 0 Å². The van der Waals surface area contributed by atoms with Gasteiger partial charge in [-0.2, -0.15) is 23.7 Å². The van der Waals surface area contributed by atoms with E-state index in [9.17, 15) is 22.8 Å². The molecule has 1 aromatic carbocycles. The van der Waals surface area contributed by atoms with Gasteiger partial charge in [-0.3, -0.25) is 5.32 Å². The second-order valence-electron chi connectivity index (χ2n) is 5.63. The molecule has 1 aromatic heterocycles. The van der Waals surface area contributed by atoms with E-state index in [1.54, 1.807) is 12.3 Å². The molecular formula is C16H10F4N8. The summed E-state index contributed by atoms with van der Waals surface area (Å²) in [6.45, 7) is 0. The molecule has 3 rings (SSSR count). The molecule has 1 unspecified atom stereocenters. The maximum Gasteiger partial charge on any atom is 0.416 e. The second kappa shape index (κ2) is 6.59. The molecule has 0 aliphatic carbocycles. The first-order valence-corrected chi connectivity index (χ1v) is 7.52. The summed E-state index contributed by atoms with van der Waals surface area (Å²) in [6, 6.07) is 2.39. The number of nitrogens with zero attached hydrogens (tertiary/aromatic N) is 4. The molecule has 1 aliphatic heterocycles. The van der Waals surface area contributed by atoms with Crippen molar-refractivity contribution in [2.24, 2.45) is 4.99 Å². The number of alkyl halides is 3. The molecule has 12 heteroatoms. The number of halogens is 4. The zero-order chi connectivity index (χ0) is 20.6. The summed E-state index contributed by atoms with van der Waals surface area (Å²) in [7, 11) is 0. The topological polar surface area (TPSA) is 149 Å². The van der Waals surface area contributed by atoms with Crippen LogP contribution in [0.15, 0.2) is 23.2 Å². The van der Waals surface area contributed by atoms with Crippen LogP contribution in [0.25, 0.3) is 0 Å². The molecule has 0 saturated heterocycles. The minimum Gasteiger partial charge on any atom is -0.397 e. The van der Waals surface area contributed by atoms with E-state index in [2.05, 4.69) is 20.6 Å². The van der Waals surface area contributed by atoms with Gasteiger partial charge in [-0.15, -0.1) is 0 Å². The number of nitrogens with two attached hydrogens (primary N) is 2. The lowest BCUT2D eigenvalue weighted by Crippen LogP contribution is -2.33. The van der Waals surface area contributed by atoms with Crippen molar-refractivity contribution in [2.75, 3.05) is 16.8 Å². The number of benzene rings is 1. The Kier molecular flexibility index (Phi) is 4.41. The Bertz CT molecular complexity index is 1080. The third-order valence-electron chi connectivity index (χ3n) is 3.97. The third-order valence-corrected chi connectivity index (χ3v) is 3.97. The minimum absolute atomic E-state index is 0.0497. The number of nitriles is 2. The van der Waals surface area contributed by atoms with Crippen LogP contribution in [0.1, 0.15) is 28.3 Å². The van der Waals surface area contributed by atoms with E-state index in [-0.39, 0.29) is 34.4 Å². The highest BCUT2D eigenvalue weighted by Crippen LogP contribution is 2.44. The van der Waals surface area contributed by atoms with Gasteiger partial charge in [0.1, 0.15) is 35.1 Å². The fourth-order valence-electron chi connectivity index (χ4n) is 2.82. The zero-order valence-electron chi connectivity index (χ0n) is 13.8. The Morgan fingerprint density at radius 2 is 1.93 bits per heavy atom. The molecule has 2 aromatic rings. The molecular weight excluding hydrogens is 380 g/mol. The number of hydrogen-bond donors (Lipinski definition) is 4. The van der Waals surface area contributed by atoms with Crippen LogP contribution >= 0.6 is 0 Å². The largest absolute Gasteiger partial charge is 0.416 e. The predicted octanol–water partition coefficient (Wildman–Crippen LogP) is 2.22. The number of pyridine rings is 1. The first-order valence-electron chi connectivity index (χ1n) is 7.52. The molecule has 142 valence electrons. The lowest BCUT2D eigenvalue weighted by atomic mass is 9.91. The summed E-state index contributed by atoms with van der Waals surface area (Å²) in [4.78, 5) is 7.97. The number of aromatic nitrogens is 1. The Hall–Kier alpha value is -4.06. The maximum absolute atomic E-state index is 13.5. The molecule has 0 amide bonds. The van der Waals surface area contributed by atoms with Crippen LogP contribution in [0.5, 0.6) is 0 Å². The van der Waals surface area contributed by atoms with Gasteiger partial charge in [-0.25, -0.2) is 14.4 Å². The molecule has 0 bridgehead atoms. The van der Waals surface area contributed by atoms with E-state index < -0.39 is 29.2 Å². The van der Waals surface area contributed by atoms with Gasteiger partial charge in [-0.05, 0) is 17.7 Å². The SMILES string of the molecule is N#CNC1=NC(c2ccc(F)cc2C(F)(F)F)c2c(nc(N)c(C#N)c2N)N1. The monoisotopic (exact) mass is 390 g/mol. The van der Waals surface area contributed by atoms with Crippen molar-refractivity contribution in [3.63, 3.8) is 0 Å². The van der Waals surface area contributed by atoms with Crippen LogP contribution in [-0.4, -0.2) is 10.9 Å². The van der Waals surface area contributed by atoms with Crippen LogP contribution in [0.3, 0.4) is 0 Å². The van der Waals surface area contributed by atoms with Gasteiger partial charge in [0.05, 0.1) is 11.3 Å². The number of nitrogens with one attached hydrogen (secondary N) is 2. The van der Waals surface area contributed by atoms with Gasteiger partial charge in [0, 0.05) is 5.56 Å². The number of nitrogen functional groups attached to an aromatic ring is 2. The Labute approximate surface area is 155 Å². The van der Waals surface area contributed by atoms with E-state index in [4.69, 9.17) is 16.7 Å². The molecule has 0 radical (unpaired) electrons. The molecule has 1 aliphatic rings. The summed E-state index contributed by atoms with van der Waals surface area (Å²) >= 11 is 0. The highest BCUT2D eigenvalue weighted by Gasteiger charge is 2.39. The van der Waals surface area contributed by atoms with Gasteiger partial charge in [0.25, 0.3) is 0 Å². The molecule has 6 N–H and O–H groups in total. The van der Waals surface area contributed by atoms with Crippen LogP contribution in [0.4, 0.5) is 34.9 Å². The predicted molar refractivity (Wildman–Crippen MR) is 90.8 cm³/mol. The zero-order valence-corrected chi connectivity index (χ0v) is 13.8. The summed E-state index contributed by atoms with van der Waals surface area (Å²) < 4.78 is 54.0. The van der Waals surface area contributed by atoms with E-state index >= 15 is 0 Å². The molecule has 0 saturated carbocycles. The lowest BCUT2D eigenvalue weighted by molar-refractivity contribution is -0.138. The summed E-state index contributed by atoms with van der Waals surface area (Å²) in [5.41, 5.74) is 9.42. The maximum atomic E-state index is 13.5. The first-order chi connectivity index (χ1) is 13.2. The first kappa shape index (κ1) is 18.7. The molecule has 8 nitrogen and oxygen atoms in total. The van der Waals surface area contributed by atoms with Crippen LogP contribution in [0, 0.1) is 28.6 Å². The smallest absolute Gasteiger partial charge is 0.397 e. The van der Waals surface area contributed by atoms with Crippen LogP contribution in [-0.2, 0) is 6.18 Å². The summed E-state index contributed by atoms with van der Waals surface area (Å²) in [5.74, 6) is -1.64. The molecule has 1 atom stereocenters. The van der Waals surface area contributed by atoms with Gasteiger partial charge in [-0.1, -0.05) is 6.07 Å². The average molecular weight is 390 g/mol. The van der Waals surface area contributed by atoms with E-state index in [0.29, 0.717) is 6.07 Å². The number of rotatable bonds is 1. The standard InChI is InChI=1S/C16H10F4N8/c17-6-1-2-7(9(3-6)16(18,19)20)12-10-11(23)8(4-21)13(24)27-14(10)28-15(26-12)25-5-22/h1-3,12H,(H6,23,24,25,26,27,28). The lowest BCUT2D eigenvalue weighted by Gasteiger charge is -2.27. The van der Waals surface area contributed by atoms with Crippen molar-refractivity contribution >= 4 is 23.3 Å². The minimum atomic E-state index is -4.89. The fourth-order valence-corrected chi connectivity index (χ4v) is 2.82. The van der Waals surface area contributed by atoms with Crippen LogP contribution < -0.4 is 22.1 Å². The van der Waals surface area contributed by atoms with Crippen molar-refractivity contribution < 1.29 is 17.6 Å². The van der Waals surface area contributed by atoms with E-state index in [0.717, 1.165) is 12.1 Å². The fraction of sp³-hybridized carbons (Fsp3) is 0.125. The van der Waals surface area contributed by atoms with Gasteiger partial charge < -0.3 is 16.8 Å². The van der Waals surface area contributed by atoms with Crippen molar-refractivity contribution in [2.45, 2.75) is 12.2 Å². The molecule has 0 spiro atoms. The average Bonchev–Trinajstić information content (AvgIpc) is 2.60. The summed E-state index contributed by atoms with van der Waals surface area (Å²) in [6.07, 6.45) is -3.32.